The standard InChI is InChI=1S/C38H37ClN8O5S/c1-18-19(2)53-38-31(18)33(22-8-10-23(39)11-9-22)42-27(34-45-44-20(3)46(34)38)16-30(49)40-17-21-7-12-24(15-21)41-26-6-4-5-25-32(26)37(52)47(36(25)51)28-13-14-29(48)43-35(28)50/h4-6,8-11,21,24,27-28,41H,7,12-17H2,1-3H3,(H,40,49)(H,43,48,50)/t21?,24?,27-,28?/m0/s1. The Hall–Kier alpha value is -5.21. The third kappa shape index (κ3) is 6.23. The Kier molecular flexibility index (Phi) is 8.97. The topological polar surface area (TPSA) is 168 Å². The summed E-state index contributed by atoms with van der Waals surface area (Å²) in [5, 5.41) is 19.3. The lowest BCUT2D eigenvalue weighted by molar-refractivity contribution is -0.136. The van der Waals surface area contributed by atoms with E-state index in [9.17, 15) is 24.0 Å². The van der Waals surface area contributed by atoms with Gasteiger partial charge in [0.25, 0.3) is 11.8 Å². The highest BCUT2D eigenvalue weighted by atomic mass is 35.5. The minimum Gasteiger partial charge on any atom is -0.382 e. The molecule has 2 aromatic carbocycles. The van der Waals surface area contributed by atoms with Crippen LogP contribution in [0.2, 0.25) is 5.02 Å². The van der Waals surface area contributed by atoms with Crippen molar-refractivity contribution in [1.29, 1.82) is 0 Å². The molecule has 0 spiro atoms. The Bertz CT molecular complexity index is 2240. The van der Waals surface area contributed by atoms with E-state index in [1.165, 1.54) is 4.88 Å². The normalized spacial score (nSPS) is 22.2. The average molecular weight is 753 g/mol. The highest BCUT2D eigenvalue weighted by molar-refractivity contribution is 7.15. The first-order valence-corrected chi connectivity index (χ1v) is 18.9. The lowest BCUT2D eigenvalue weighted by Gasteiger charge is -2.28. The number of imide groups is 2. The third-order valence-corrected chi connectivity index (χ3v) is 12.1. The maximum Gasteiger partial charge on any atom is 0.264 e. The molecule has 2 fully saturated rings. The van der Waals surface area contributed by atoms with Gasteiger partial charge in [-0.15, -0.1) is 21.5 Å². The molecular weight excluding hydrogens is 716 g/mol. The minimum atomic E-state index is -1.03. The van der Waals surface area contributed by atoms with Gasteiger partial charge >= 0.3 is 0 Å². The minimum absolute atomic E-state index is 0.0107. The number of benzene rings is 2. The number of aliphatic imine (C=N–C) groups is 1. The Morgan fingerprint density at radius 2 is 1.77 bits per heavy atom. The molecule has 2 aromatic heterocycles. The van der Waals surface area contributed by atoms with Gasteiger partial charge in [0.2, 0.25) is 17.7 Å². The molecule has 4 aliphatic rings. The van der Waals surface area contributed by atoms with Crippen LogP contribution in [0.1, 0.15) is 98.5 Å². The number of halogens is 1. The van der Waals surface area contributed by atoms with E-state index in [-0.39, 0.29) is 48.3 Å². The first-order valence-electron chi connectivity index (χ1n) is 17.7. The Morgan fingerprint density at radius 3 is 2.55 bits per heavy atom. The number of piperidine rings is 1. The summed E-state index contributed by atoms with van der Waals surface area (Å²) in [7, 11) is 0. The van der Waals surface area contributed by atoms with Gasteiger partial charge in [-0.3, -0.25) is 43.7 Å². The number of aromatic nitrogens is 3. The maximum atomic E-state index is 13.6. The number of carbonyl (C=O) groups excluding carboxylic acids is 5. The number of fused-ring (bicyclic) bond motifs is 4. The Labute approximate surface area is 314 Å². The molecule has 8 rings (SSSR count). The van der Waals surface area contributed by atoms with Crippen LogP contribution in [0.15, 0.2) is 47.5 Å². The molecule has 3 N–H and O–H groups in total. The fraction of sp³-hybridized carbons (Fsp3) is 0.368. The number of hydrogen-bond acceptors (Lipinski definition) is 10. The highest BCUT2D eigenvalue weighted by Gasteiger charge is 2.46. The molecule has 53 heavy (non-hydrogen) atoms. The molecule has 3 unspecified atom stereocenters. The van der Waals surface area contributed by atoms with Gasteiger partial charge in [-0.05, 0) is 82.2 Å². The molecule has 5 heterocycles. The highest BCUT2D eigenvalue weighted by Crippen LogP contribution is 2.40. The second-order valence-corrected chi connectivity index (χ2v) is 15.7. The van der Waals surface area contributed by atoms with Gasteiger partial charge in [-0.2, -0.15) is 0 Å². The van der Waals surface area contributed by atoms with Crippen LogP contribution in [0, 0.1) is 26.7 Å². The zero-order valence-corrected chi connectivity index (χ0v) is 30.9. The summed E-state index contributed by atoms with van der Waals surface area (Å²) in [4.78, 5) is 72.0. The molecular formula is C38H37ClN8O5S. The summed E-state index contributed by atoms with van der Waals surface area (Å²) in [6, 6.07) is 11.1. The smallest absolute Gasteiger partial charge is 0.264 e. The second-order valence-electron chi connectivity index (χ2n) is 14.1. The zero-order chi connectivity index (χ0) is 37.1. The first-order chi connectivity index (χ1) is 25.5. The fourth-order valence-electron chi connectivity index (χ4n) is 7.89. The summed E-state index contributed by atoms with van der Waals surface area (Å²) >= 11 is 7.90. The quantitative estimate of drug-likeness (QED) is 0.212. The van der Waals surface area contributed by atoms with Crippen LogP contribution in [0.25, 0.3) is 5.00 Å². The van der Waals surface area contributed by atoms with Gasteiger partial charge in [0, 0.05) is 45.7 Å². The lowest BCUT2D eigenvalue weighted by Crippen LogP contribution is -2.54. The summed E-state index contributed by atoms with van der Waals surface area (Å²) in [5.41, 5.74) is 4.83. The summed E-state index contributed by atoms with van der Waals surface area (Å²) in [6.45, 7) is 6.56. The predicted octanol–water partition coefficient (Wildman–Crippen LogP) is 4.99. The van der Waals surface area contributed by atoms with Crippen molar-refractivity contribution in [3.63, 3.8) is 0 Å². The van der Waals surface area contributed by atoms with Crippen LogP contribution in [0.5, 0.6) is 0 Å². The maximum absolute atomic E-state index is 13.6. The molecule has 3 aliphatic heterocycles. The van der Waals surface area contributed by atoms with Crippen LogP contribution >= 0.6 is 22.9 Å². The van der Waals surface area contributed by atoms with E-state index < -0.39 is 35.7 Å². The van der Waals surface area contributed by atoms with Gasteiger partial charge in [-0.25, -0.2) is 0 Å². The van der Waals surface area contributed by atoms with E-state index in [0.29, 0.717) is 23.1 Å². The molecule has 4 atom stereocenters. The third-order valence-electron chi connectivity index (χ3n) is 10.7. The van der Waals surface area contributed by atoms with Gasteiger partial charge in [0.05, 0.1) is 23.3 Å². The summed E-state index contributed by atoms with van der Waals surface area (Å²) in [6.07, 6.45) is 2.66. The number of nitrogens with one attached hydrogen (secondary N) is 3. The van der Waals surface area contributed by atoms with Crippen molar-refractivity contribution in [2.45, 2.75) is 77.4 Å². The predicted molar refractivity (Wildman–Crippen MR) is 199 cm³/mol. The molecule has 272 valence electrons. The van der Waals surface area contributed by atoms with Crippen LogP contribution in [-0.2, 0) is 14.4 Å². The molecule has 1 aliphatic carbocycles. The van der Waals surface area contributed by atoms with E-state index in [2.05, 4.69) is 40.0 Å². The molecule has 0 radical (unpaired) electrons. The first kappa shape index (κ1) is 34.9. The second kappa shape index (κ2) is 13.6. The zero-order valence-electron chi connectivity index (χ0n) is 29.4. The van der Waals surface area contributed by atoms with E-state index in [0.717, 1.165) is 57.4 Å². The number of hydrogen-bond donors (Lipinski definition) is 3. The molecule has 1 saturated carbocycles. The van der Waals surface area contributed by atoms with Crippen molar-refractivity contribution in [2.24, 2.45) is 10.9 Å². The van der Waals surface area contributed by atoms with Crippen molar-refractivity contribution in [3.05, 3.63) is 91.8 Å². The summed E-state index contributed by atoms with van der Waals surface area (Å²) < 4.78 is 2.03. The van der Waals surface area contributed by atoms with Crippen molar-refractivity contribution in [1.82, 2.24) is 30.3 Å². The number of nitrogens with zero attached hydrogens (tertiary/aromatic N) is 5. The molecule has 13 nitrogen and oxygen atoms in total. The van der Waals surface area contributed by atoms with Gasteiger partial charge in [0.15, 0.2) is 5.82 Å². The number of amides is 5. The van der Waals surface area contributed by atoms with E-state index in [1.807, 2.05) is 35.8 Å². The van der Waals surface area contributed by atoms with Crippen molar-refractivity contribution >= 4 is 63.9 Å². The van der Waals surface area contributed by atoms with E-state index >= 15 is 0 Å². The van der Waals surface area contributed by atoms with E-state index in [1.54, 1.807) is 29.5 Å². The number of carbonyl (C=O) groups is 5. The number of anilines is 1. The van der Waals surface area contributed by atoms with E-state index in [4.69, 9.17) is 16.6 Å². The molecule has 4 aromatic rings. The van der Waals surface area contributed by atoms with Gasteiger partial charge < -0.3 is 10.6 Å². The summed E-state index contributed by atoms with van der Waals surface area (Å²) in [5.74, 6) is -0.750. The molecule has 0 bridgehead atoms. The lowest BCUT2D eigenvalue weighted by atomic mass is 9.99. The van der Waals surface area contributed by atoms with Crippen molar-refractivity contribution in [3.8, 4) is 5.00 Å². The van der Waals surface area contributed by atoms with Crippen LogP contribution in [0.4, 0.5) is 5.69 Å². The van der Waals surface area contributed by atoms with Crippen LogP contribution in [0.3, 0.4) is 0 Å². The number of thiophene rings is 1. The average Bonchev–Trinajstić information content (AvgIpc) is 3.86. The largest absolute Gasteiger partial charge is 0.382 e. The monoisotopic (exact) mass is 752 g/mol. The van der Waals surface area contributed by atoms with Gasteiger partial charge in [-0.1, -0.05) is 29.8 Å². The number of rotatable bonds is 8. The SMILES string of the molecule is Cc1sc2c(c1C)C(c1ccc(Cl)cc1)=N[C@@H](CC(=O)NCC1CCC(Nc3cccc4c3C(=O)N(C3CCC(=O)NC3=O)C4=O)C1)c1nnc(C)n1-2. The van der Waals surface area contributed by atoms with Crippen molar-refractivity contribution < 1.29 is 24.0 Å². The molecule has 15 heteroatoms. The fourth-order valence-corrected chi connectivity index (χ4v) is 9.22. The van der Waals surface area contributed by atoms with Gasteiger partial charge in [0.1, 0.15) is 22.9 Å². The Morgan fingerprint density at radius 1 is 0.981 bits per heavy atom. The molecule has 5 amide bonds. The van der Waals surface area contributed by atoms with Crippen LogP contribution in [-0.4, -0.2) is 73.5 Å². The Balaban J connectivity index is 0.945. The molecule has 1 saturated heterocycles. The van der Waals surface area contributed by atoms with Crippen LogP contribution < -0.4 is 16.0 Å². The van der Waals surface area contributed by atoms with Crippen molar-refractivity contribution in [2.75, 3.05) is 11.9 Å². The number of aryl methyl sites for hydroxylation is 2.